The summed E-state index contributed by atoms with van der Waals surface area (Å²) >= 11 is 11.4. The SMILES string of the molecule is CS(=O)(=O)NC(=O)c1cnn(-c2ncc(Cl)cc2Cl)c1C(F)(F)F. The molecule has 2 rings (SSSR count). The highest BCUT2D eigenvalue weighted by Crippen LogP contribution is 2.35. The van der Waals surface area contributed by atoms with Crippen molar-refractivity contribution in [1.29, 1.82) is 0 Å². The van der Waals surface area contributed by atoms with Crippen molar-refractivity contribution in [3.63, 3.8) is 0 Å². The average Bonchev–Trinajstić information content (AvgIpc) is 2.81. The summed E-state index contributed by atoms with van der Waals surface area (Å²) in [6.07, 6.45) is -2.80. The highest BCUT2D eigenvalue weighted by Gasteiger charge is 2.41. The molecule has 2 aromatic rings. The zero-order chi connectivity index (χ0) is 18.3. The van der Waals surface area contributed by atoms with Gasteiger partial charge in [0.2, 0.25) is 10.0 Å². The summed E-state index contributed by atoms with van der Waals surface area (Å²) < 4.78 is 63.9. The van der Waals surface area contributed by atoms with Gasteiger partial charge in [-0.1, -0.05) is 23.2 Å². The number of hydrogen-bond acceptors (Lipinski definition) is 5. The molecule has 0 aliphatic carbocycles. The molecule has 0 aliphatic heterocycles. The fourth-order valence-electron chi connectivity index (χ4n) is 1.73. The van der Waals surface area contributed by atoms with E-state index in [9.17, 15) is 26.4 Å². The molecule has 0 unspecified atom stereocenters. The summed E-state index contributed by atoms with van der Waals surface area (Å²) in [7, 11) is -4.07. The van der Waals surface area contributed by atoms with E-state index in [0.29, 0.717) is 12.5 Å². The van der Waals surface area contributed by atoms with Crippen molar-refractivity contribution in [2.24, 2.45) is 0 Å². The maximum atomic E-state index is 13.3. The van der Waals surface area contributed by atoms with Crippen molar-refractivity contribution < 1.29 is 26.4 Å². The van der Waals surface area contributed by atoms with Gasteiger partial charge in [0.05, 0.1) is 28.1 Å². The molecule has 13 heteroatoms. The number of hydrogen-bond donors (Lipinski definition) is 1. The number of nitrogens with one attached hydrogen (secondary N) is 1. The monoisotopic (exact) mass is 402 g/mol. The maximum absolute atomic E-state index is 13.3. The first-order chi connectivity index (χ1) is 10.9. The standard InChI is InChI=1S/C11H7Cl2F3N4O3S/c1-24(22,23)19-10(21)6-4-18-20(8(6)11(14,15)16)9-7(13)2-5(12)3-17-9/h2-4H,1H3,(H,19,21). The van der Waals surface area contributed by atoms with E-state index < -0.39 is 39.2 Å². The fourth-order valence-corrected chi connectivity index (χ4v) is 2.64. The summed E-state index contributed by atoms with van der Waals surface area (Å²) in [5.41, 5.74) is -2.53. The second-order valence-electron chi connectivity index (χ2n) is 4.48. The Hall–Kier alpha value is -1.85. The molecule has 0 radical (unpaired) electrons. The molecule has 1 N–H and O–H groups in total. The molecule has 130 valence electrons. The number of carbonyl (C=O) groups is 1. The zero-order valence-electron chi connectivity index (χ0n) is 11.6. The normalized spacial score (nSPS) is 12.2. The minimum Gasteiger partial charge on any atom is -0.268 e. The van der Waals surface area contributed by atoms with Gasteiger partial charge in [-0.3, -0.25) is 4.79 Å². The molecule has 2 aromatic heterocycles. The number of amides is 1. The lowest BCUT2D eigenvalue weighted by Gasteiger charge is -2.12. The molecule has 0 saturated heterocycles. The van der Waals surface area contributed by atoms with Gasteiger partial charge in [0.25, 0.3) is 5.91 Å². The number of carbonyl (C=O) groups excluding carboxylic acids is 1. The van der Waals surface area contributed by atoms with Crippen LogP contribution in [0, 0.1) is 0 Å². The number of alkyl halides is 3. The van der Waals surface area contributed by atoms with Gasteiger partial charge in [-0.25, -0.2) is 22.8 Å². The first kappa shape index (κ1) is 18.5. The van der Waals surface area contributed by atoms with Crippen LogP contribution in [0.15, 0.2) is 18.5 Å². The number of rotatable bonds is 3. The molecule has 0 atom stereocenters. The predicted octanol–water partition coefficient (Wildman–Crippen LogP) is 2.28. The third-order valence-corrected chi connectivity index (χ3v) is 3.59. The average molecular weight is 403 g/mol. The number of pyridine rings is 1. The topological polar surface area (TPSA) is 94.0 Å². The largest absolute Gasteiger partial charge is 0.434 e. The van der Waals surface area contributed by atoms with E-state index in [4.69, 9.17) is 23.2 Å². The number of sulfonamides is 1. The van der Waals surface area contributed by atoms with Crippen molar-refractivity contribution >= 4 is 39.1 Å². The summed E-state index contributed by atoms with van der Waals surface area (Å²) in [6, 6.07) is 1.14. The zero-order valence-corrected chi connectivity index (χ0v) is 13.9. The number of aromatic nitrogens is 3. The number of halogens is 5. The quantitative estimate of drug-likeness (QED) is 0.849. The Morgan fingerprint density at radius 3 is 2.42 bits per heavy atom. The van der Waals surface area contributed by atoms with E-state index in [-0.39, 0.29) is 14.7 Å². The van der Waals surface area contributed by atoms with Crippen LogP contribution in [0.4, 0.5) is 13.2 Å². The van der Waals surface area contributed by atoms with Gasteiger partial charge >= 0.3 is 6.18 Å². The molecule has 2 heterocycles. The summed E-state index contributed by atoms with van der Waals surface area (Å²) in [5, 5.41) is 3.28. The summed E-state index contributed by atoms with van der Waals surface area (Å²) in [6.45, 7) is 0. The van der Waals surface area contributed by atoms with E-state index in [1.54, 1.807) is 0 Å². The first-order valence-corrected chi connectivity index (χ1v) is 8.53. The minimum absolute atomic E-state index is 0.0829. The summed E-state index contributed by atoms with van der Waals surface area (Å²) in [4.78, 5) is 15.4. The molecule has 0 saturated carbocycles. The Kier molecular flexibility index (Phi) is 4.79. The summed E-state index contributed by atoms with van der Waals surface area (Å²) in [5.74, 6) is -1.91. The van der Waals surface area contributed by atoms with Crippen molar-refractivity contribution in [3.05, 3.63) is 39.8 Å². The Balaban J connectivity index is 2.65. The molecular formula is C11H7Cl2F3N4O3S. The van der Waals surface area contributed by atoms with Crippen LogP contribution in [0.2, 0.25) is 10.0 Å². The highest BCUT2D eigenvalue weighted by molar-refractivity contribution is 7.89. The fraction of sp³-hybridized carbons (Fsp3) is 0.182. The van der Waals surface area contributed by atoms with Crippen LogP contribution in [0.5, 0.6) is 0 Å². The first-order valence-electron chi connectivity index (χ1n) is 5.89. The lowest BCUT2D eigenvalue weighted by atomic mass is 10.2. The van der Waals surface area contributed by atoms with Crippen LogP contribution in [0.1, 0.15) is 16.1 Å². The van der Waals surface area contributed by atoms with Gasteiger partial charge in [0.15, 0.2) is 11.5 Å². The third kappa shape index (κ3) is 3.97. The second kappa shape index (κ2) is 6.22. The Morgan fingerprint density at radius 1 is 1.29 bits per heavy atom. The van der Waals surface area contributed by atoms with Crippen LogP contribution >= 0.6 is 23.2 Å². The molecule has 0 aromatic carbocycles. The minimum atomic E-state index is -5.04. The van der Waals surface area contributed by atoms with E-state index >= 15 is 0 Å². The maximum Gasteiger partial charge on any atom is 0.434 e. The van der Waals surface area contributed by atoms with Crippen LogP contribution in [0.3, 0.4) is 0 Å². The van der Waals surface area contributed by atoms with Gasteiger partial charge < -0.3 is 0 Å². The molecule has 0 fully saturated rings. The van der Waals surface area contributed by atoms with Crippen LogP contribution in [0.25, 0.3) is 5.82 Å². The highest BCUT2D eigenvalue weighted by atomic mass is 35.5. The van der Waals surface area contributed by atoms with E-state index in [0.717, 1.165) is 12.3 Å². The van der Waals surface area contributed by atoms with Gasteiger partial charge in [-0.2, -0.15) is 18.3 Å². The molecule has 0 aliphatic rings. The Morgan fingerprint density at radius 2 is 1.92 bits per heavy atom. The molecule has 1 amide bonds. The van der Waals surface area contributed by atoms with E-state index in [1.807, 2.05) is 0 Å². The van der Waals surface area contributed by atoms with Crippen LogP contribution in [-0.2, 0) is 16.2 Å². The molecule has 7 nitrogen and oxygen atoms in total. The lowest BCUT2D eigenvalue weighted by molar-refractivity contribution is -0.143. The smallest absolute Gasteiger partial charge is 0.268 e. The second-order valence-corrected chi connectivity index (χ2v) is 7.07. The molecule has 0 bridgehead atoms. The third-order valence-electron chi connectivity index (χ3n) is 2.55. The molecule has 0 spiro atoms. The van der Waals surface area contributed by atoms with Gasteiger partial charge in [0, 0.05) is 6.20 Å². The van der Waals surface area contributed by atoms with Crippen LogP contribution < -0.4 is 4.72 Å². The van der Waals surface area contributed by atoms with Gasteiger partial charge in [-0.05, 0) is 6.07 Å². The lowest BCUT2D eigenvalue weighted by Crippen LogP contribution is -2.31. The van der Waals surface area contributed by atoms with Gasteiger partial charge in [0.1, 0.15) is 0 Å². The molecule has 24 heavy (non-hydrogen) atoms. The molecular weight excluding hydrogens is 396 g/mol. The van der Waals surface area contributed by atoms with Crippen molar-refractivity contribution in [1.82, 2.24) is 19.5 Å². The van der Waals surface area contributed by atoms with Gasteiger partial charge in [-0.15, -0.1) is 0 Å². The van der Waals surface area contributed by atoms with Crippen molar-refractivity contribution in [2.45, 2.75) is 6.18 Å². The predicted molar refractivity (Wildman–Crippen MR) is 78.7 cm³/mol. The van der Waals surface area contributed by atoms with E-state index in [1.165, 1.54) is 4.72 Å². The Bertz CT molecular complexity index is 912. The van der Waals surface area contributed by atoms with Crippen molar-refractivity contribution in [2.75, 3.05) is 6.26 Å². The van der Waals surface area contributed by atoms with Crippen molar-refractivity contribution in [3.8, 4) is 5.82 Å². The number of nitrogens with zero attached hydrogens (tertiary/aromatic N) is 3. The van der Waals surface area contributed by atoms with E-state index in [2.05, 4.69) is 10.1 Å². The Labute approximate surface area is 143 Å². The van der Waals surface area contributed by atoms with Crippen LogP contribution in [-0.4, -0.2) is 35.3 Å².